The fourth-order valence-electron chi connectivity index (χ4n) is 1.90. The minimum atomic E-state index is -0.456. The highest BCUT2D eigenvalue weighted by atomic mass is 16.6. The van der Waals surface area contributed by atoms with Crippen molar-refractivity contribution < 1.29 is 10.0 Å². The lowest BCUT2D eigenvalue weighted by molar-refractivity contribution is -0.385. The Morgan fingerprint density at radius 2 is 2.10 bits per heavy atom. The lowest BCUT2D eigenvalue weighted by Crippen LogP contribution is -2.27. The van der Waals surface area contributed by atoms with Crippen LogP contribution in [0.1, 0.15) is 26.0 Å². The molecule has 0 radical (unpaired) electrons. The molecule has 2 N–H and O–H groups in total. The van der Waals surface area contributed by atoms with Crippen LogP contribution in [-0.2, 0) is 0 Å². The molecular weight excluding hydrogens is 262 g/mol. The van der Waals surface area contributed by atoms with Gasteiger partial charge in [-0.2, -0.15) is 4.98 Å². The van der Waals surface area contributed by atoms with Gasteiger partial charge in [-0.15, -0.1) is 0 Å². The Kier molecular flexibility index (Phi) is 6.10. The topological polar surface area (TPSA) is 104 Å². The number of nitrogens with zero attached hydrogens (tertiary/aromatic N) is 4. The molecule has 0 bridgehead atoms. The van der Waals surface area contributed by atoms with Crippen LogP contribution in [0.4, 0.5) is 17.5 Å². The molecule has 0 amide bonds. The summed E-state index contributed by atoms with van der Waals surface area (Å²) in [5.74, 6) is 0.683. The quantitative estimate of drug-likeness (QED) is 0.547. The van der Waals surface area contributed by atoms with Crippen molar-refractivity contribution in [3.63, 3.8) is 0 Å². The van der Waals surface area contributed by atoms with Crippen LogP contribution >= 0.6 is 0 Å². The van der Waals surface area contributed by atoms with Crippen LogP contribution in [0.15, 0.2) is 0 Å². The molecule has 8 heteroatoms. The highest BCUT2D eigenvalue weighted by Crippen LogP contribution is 2.29. The summed E-state index contributed by atoms with van der Waals surface area (Å²) in [6.45, 7) is 7.16. The summed E-state index contributed by atoms with van der Waals surface area (Å²) in [6.07, 6.45) is 0.532. The summed E-state index contributed by atoms with van der Waals surface area (Å²) in [4.78, 5) is 20.9. The number of rotatable bonds is 8. The molecular formula is C12H21N5O3. The Morgan fingerprint density at radius 1 is 1.40 bits per heavy atom. The van der Waals surface area contributed by atoms with Gasteiger partial charge in [0, 0.05) is 26.2 Å². The molecule has 0 unspecified atom stereocenters. The van der Waals surface area contributed by atoms with Gasteiger partial charge in [-0.05, 0) is 27.2 Å². The lowest BCUT2D eigenvalue weighted by atomic mass is 10.3. The normalized spacial score (nSPS) is 10.4. The Labute approximate surface area is 118 Å². The second-order valence-electron chi connectivity index (χ2n) is 4.25. The van der Waals surface area contributed by atoms with Gasteiger partial charge in [0.05, 0.1) is 4.92 Å². The first kappa shape index (κ1) is 16.1. The van der Waals surface area contributed by atoms with Gasteiger partial charge in [-0.3, -0.25) is 10.1 Å². The summed E-state index contributed by atoms with van der Waals surface area (Å²) in [5.41, 5.74) is 0.254. The van der Waals surface area contributed by atoms with Crippen LogP contribution < -0.4 is 10.2 Å². The van der Waals surface area contributed by atoms with Crippen LogP contribution in [0.5, 0.6) is 0 Å². The van der Waals surface area contributed by atoms with Crippen molar-refractivity contribution >= 4 is 17.5 Å². The SMILES string of the molecule is CCNc1nc(C)c([N+](=O)[O-])c(N(CC)CCCO)n1. The maximum Gasteiger partial charge on any atom is 0.332 e. The van der Waals surface area contributed by atoms with Gasteiger partial charge < -0.3 is 15.3 Å². The number of aliphatic hydroxyl groups is 1. The Hall–Kier alpha value is -1.96. The average molecular weight is 283 g/mol. The van der Waals surface area contributed by atoms with E-state index >= 15 is 0 Å². The highest BCUT2D eigenvalue weighted by Gasteiger charge is 2.25. The van der Waals surface area contributed by atoms with E-state index in [4.69, 9.17) is 5.11 Å². The largest absolute Gasteiger partial charge is 0.396 e. The van der Waals surface area contributed by atoms with E-state index in [-0.39, 0.29) is 12.3 Å². The number of nitro groups is 1. The average Bonchev–Trinajstić information content (AvgIpc) is 2.39. The smallest absolute Gasteiger partial charge is 0.332 e. The predicted octanol–water partition coefficient (Wildman–Crippen LogP) is 1.33. The van der Waals surface area contributed by atoms with Crippen molar-refractivity contribution in [1.82, 2.24) is 9.97 Å². The first-order valence-corrected chi connectivity index (χ1v) is 6.67. The van der Waals surface area contributed by atoms with E-state index in [1.54, 1.807) is 11.8 Å². The predicted molar refractivity (Wildman–Crippen MR) is 77.2 cm³/mol. The third-order valence-electron chi connectivity index (χ3n) is 2.82. The van der Waals surface area contributed by atoms with E-state index in [1.807, 2.05) is 13.8 Å². The zero-order chi connectivity index (χ0) is 15.1. The molecule has 0 spiro atoms. The molecule has 0 saturated carbocycles. The van der Waals surface area contributed by atoms with Crippen molar-refractivity contribution in [2.75, 3.05) is 36.5 Å². The van der Waals surface area contributed by atoms with Gasteiger partial charge in [0.2, 0.25) is 11.8 Å². The molecule has 0 atom stereocenters. The fourth-order valence-corrected chi connectivity index (χ4v) is 1.90. The first-order valence-electron chi connectivity index (χ1n) is 6.67. The second-order valence-corrected chi connectivity index (χ2v) is 4.25. The molecule has 0 aliphatic rings. The van der Waals surface area contributed by atoms with Crippen molar-refractivity contribution in [3.8, 4) is 0 Å². The lowest BCUT2D eigenvalue weighted by Gasteiger charge is -2.22. The molecule has 1 heterocycles. The fraction of sp³-hybridized carbons (Fsp3) is 0.667. The van der Waals surface area contributed by atoms with Crippen molar-refractivity contribution in [3.05, 3.63) is 15.8 Å². The Morgan fingerprint density at radius 3 is 2.60 bits per heavy atom. The molecule has 8 nitrogen and oxygen atoms in total. The van der Waals surface area contributed by atoms with Crippen molar-refractivity contribution in [2.45, 2.75) is 27.2 Å². The summed E-state index contributed by atoms with van der Waals surface area (Å²) >= 11 is 0. The van der Waals surface area contributed by atoms with Gasteiger partial charge in [-0.1, -0.05) is 0 Å². The number of aryl methyl sites for hydroxylation is 1. The maximum absolute atomic E-state index is 11.2. The zero-order valence-electron chi connectivity index (χ0n) is 12.1. The molecule has 20 heavy (non-hydrogen) atoms. The van der Waals surface area contributed by atoms with Gasteiger partial charge >= 0.3 is 5.69 Å². The highest BCUT2D eigenvalue weighted by molar-refractivity contribution is 5.62. The first-order chi connectivity index (χ1) is 9.54. The molecule has 0 aliphatic heterocycles. The monoisotopic (exact) mass is 283 g/mol. The van der Waals surface area contributed by atoms with Crippen LogP contribution in [0, 0.1) is 17.0 Å². The number of aliphatic hydroxyl groups excluding tert-OH is 1. The Bertz CT molecular complexity index is 467. The standard InChI is InChI=1S/C12H21N5O3/c1-4-13-12-14-9(3)10(17(19)20)11(15-12)16(5-2)7-6-8-18/h18H,4-8H2,1-3H3,(H,13,14,15). The summed E-state index contributed by atoms with van der Waals surface area (Å²) in [7, 11) is 0. The van der Waals surface area contributed by atoms with E-state index in [0.29, 0.717) is 43.5 Å². The van der Waals surface area contributed by atoms with Crippen molar-refractivity contribution in [1.29, 1.82) is 0 Å². The van der Waals surface area contributed by atoms with Crippen molar-refractivity contribution in [2.24, 2.45) is 0 Å². The van der Waals surface area contributed by atoms with Crippen LogP contribution in [0.2, 0.25) is 0 Å². The molecule has 0 aliphatic carbocycles. The molecule has 0 saturated heterocycles. The van der Waals surface area contributed by atoms with E-state index in [9.17, 15) is 10.1 Å². The summed E-state index contributed by atoms with van der Waals surface area (Å²) in [5, 5.41) is 23.1. The number of hydrogen-bond acceptors (Lipinski definition) is 7. The minimum absolute atomic E-state index is 0.0361. The molecule has 112 valence electrons. The van der Waals surface area contributed by atoms with E-state index in [1.165, 1.54) is 0 Å². The molecule has 0 aromatic carbocycles. The van der Waals surface area contributed by atoms with Crippen LogP contribution in [-0.4, -0.2) is 46.2 Å². The summed E-state index contributed by atoms with van der Waals surface area (Å²) in [6, 6.07) is 0. The minimum Gasteiger partial charge on any atom is -0.396 e. The number of anilines is 2. The van der Waals surface area contributed by atoms with Crippen LogP contribution in [0.25, 0.3) is 0 Å². The third kappa shape index (κ3) is 3.77. The second kappa shape index (κ2) is 7.59. The van der Waals surface area contributed by atoms with E-state index in [0.717, 1.165) is 0 Å². The van der Waals surface area contributed by atoms with Gasteiger partial charge in [-0.25, -0.2) is 4.98 Å². The Balaban J connectivity index is 3.26. The van der Waals surface area contributed by atoms with Gasteiger partial charge in [0.1, 0.15) is 5.69 Å². The molecule has 1 aromatic rings. The number of nitrogens with one attached hydrogen (secondary N) is 1. The van der Waals surface area contributed by atoms with Crippen LogP contribution in [0.3, 0.4) is 0 Å². The third-order valence-corrected chi connectivity index (χ3v) is 2.82. The summed E-state index contributed by atoms with van der Waals surface area (Å²) < 4.78 is 0. The number of aromatic nitrogens is 2. The molecule has 1 aromatic heterocycles. The van der Waals surface area contributed by atoms with Gasteiger partial charge in [0.15, 0.2) is 0 Å². The maximum atomic E-state index is 11.2. The van der Waals surface area contributed by atoms with Gasteiger partial charge in [0.25, 0.3) is 0 Å². The zero-order valence-corrected chi connectivity index (χ0v) is 12.1. The molecule has 1 rings (SSSR count). The molecule has 0 fully saturated rings. The number of hydrogen-bond donors (Lipinski definition) is 2. The van der Waals surface area contributed by atoms with E-state index < -0.39 is 4.92 Å². The van der Waals surface area contributed by atoms with E-state index in [2.05, 4.69) is 15.3 Å².